The van der Waals surface area contributed by atoms with E-state index in [1.165, 1.54) is 26.4 Å². The van der Waals surface area contributed by atoms with Gasteiger partial charge in [-0.15, -0.1) is 0 Å². The summed E-state index contributed by atoms with van der Waals surface area (Å²) in [7, 11) is 2.54. The molecule has 0 fully saturated rings. The number of anilines is 1. The number of pyridine rings is 1. The molecule has 0 aliphatic heterocycles. The van der Waals surface area contributed by atoms with Gasteiger partial charge in [0.25, 0.3) is 6.43 Å². The number of nitrogen functional groups attached to an aromatic ring is 1. The second kappa shape index (κ2) is 6.82. The largest absolute Gasteiger partial charge is 0.496 e. The molecule has 0 saturated carbocycles. The molecule has 0 atom stereocenters. The molecule has 0 bridgehead atoms. The van der Waals surface area contributed by atoms with Crippen LogP contribution >= 0.6 is 0 Å². The van der Waals surface area contributed by atoms with E-state index in [9.17, 15) is 13.6 Å². The number of carbonyl (C=O) groups is 1. The van der Waals surface area contributed by atoms with E-state index in [4.69, 9.17) is 10.5 Å². The number of nitrogens with two attached hydrogens (primary N) is 1. The van der Waals surface area contributed by atoms with Crippen LogP contribution in [-0.2, 0) is 4.74 Å². The van der Waals surface area contributed by atoms with Crippen molar-refractivity contribution in [2.45, 2.75) is 20.3 Å². The van der Waals surface area contributed by atoms with Gasteiger partial charge in [-0.05, 0) is 25.5 Å². The molecule has 0 unspecified atom stereocenters. The van der Waals surface area contributed by atoms with Gasteiger partial charge >= 0.3 is 5.97 Å². The Morgan fingerprint density at radius 1 is 1.25 bits per heavy atom. The highest BCUT2D eigenvalue weighted by Crippen LogP contribution is 2.40. The quantitative estimate of drug-likeness (QED) is 0.862. The molecule has 1 aromatic carbocycles. The van der Waals surface area contributed by atoms with Gasteiger partial charge in [0.15, 0.2) is 5.69 Å². The monoisotopic (exact) mass is 336 g/mol. The van der Waals surface area contributed by atoms with Crippen LogP contribution in [0, 0.1) is 13.8 Å². The molecule has 1 heterocycles. The Balaban J connectivity index is 2.78. The normalized spacial score (nSPS) is 10.8. The molecule has 2 aromatic rings. The molecule has 128 valence electrons. The smallest absolute Gasteiger partial charge is 0.357 e. The van der Waals surface area contributed by atoms with Crippen LogP contribution in [0.25, 0.3) is 11.3 Å². The fraction of sp³-hybridized carbons (Fsp3) is 0.294. The van der Waals surface area contributed by atoms with E-state index in [1.807, 2.05) is 0 Å². The maximum absolute atomic E-state index is 13.6. The summed E-state index contributed by atoms with van der Waals surface area (Å²) in [5.74, 6) is -0.596. The molecule has 2 N–H and O–H groups in total. The summed E-state index contributed by atoms with van der Waals surface area (Å²) in [6, 6.07) is 4.62. The zero-order chi connectivity index (χ0) is 18.0. The minimum Gasteiger partial charge on any atom is -0.496 e. The van der Waals surface area contributed by atoms with Crippen LogP contribution in [0.4, 0.5) is 14.5 Å². The number of hydrogen-bond donors (Lipinski definition) is 1. The molecular weight excluding hydrogens is 318 g/mol. The maximum Gasteiger partial charge on any atom is 0.357 e. The Morgan fingerprint density at radius 3 is 2.46 bits per heavy atom. The summed E-state index contributed by atoms with van der Waals surface area (Å²) < 4.78 is 37.0. The van der Waals surface area contributed by atoms with E-state index in [2.05, 4.69) is 9.72 Å². The number of nitrogens with zero attached hydrogens (tertiary/aromatic N) is 1. The number of halogens is 2. The number of ether oxygens (including phenoxy) is 2. The number of aryl methyl sites for hydroxylation is 1. The highest BCUT2D eigenvalue weighted by molar-refractivity contribution is 5.91. The van der Waals surface area contributed by atoms with Crippen LogP contribution < -0.4 is 10.5 Å². The standard InChI is InChI=1S/C17H18F2N2O3/c1-8-5-6-10(13(16(18)19)15(8)23-3)12-7-11(20)9(2)14(21-12)17(22)24-4/h5-7,16H,1-4H3,(H2,20,21). The van der Waals surface area contributed by atoms with Gasteiger partial charge in [0.2, 0.25) is 0 Å². The molecule has 1 aromatic heterocycles. The van der Waals surface area contributed by atoms with Crippen molar-refractivity contribution < 1.29 is 23.0 Å². The SMILES string of the molecule is COC(=O)c1nc(-c2ccc(C)c(OC)c2C(F)F)cc(N)c1C. The molecule has 5 nitrogen and oxygen atoms in total. The third kappa shape index (κ3) is 3.02. The zero-order valence-corrected chi connectivity index (χ0v) is 13.8. The highest BCUT2D eigenvalue weighted by atomic mass is 19.3. The van der Waals surface area contributed by atoms with Crippen LogP contribution in [0.2, 0.25) is 0 Å². The molecule has 0 radical (unpaired) electrons. The van der Waals surface area contributed by atoms with Crippen molar-refractivity contribution in [2.75, 3.05) is 20.0 Å². The Kier molecular flexibility index (Phi) is 5.02. The molecule has 0 aliphatic rings. The Morgan fingerprint density at radius 2 is 1.92 bits per heavy atom. The second-order valence-corrected chi connectivity index (χ2v) is 5.24. The van der Waals surface area contributed by atoms with E-state index >= 15 is 0 Å². The topological polar surface area (TPSA) is 74.4 Å². The molecule has 0 aliphatic carbocycles. The van der Waals surface area contributed by atoms with Crippen molar-refractivity contribution in [3.8, 4) is 17.0 Å². The van der Waals surface area contributed by atoms with Gasteiger partial charge in [-0.25, -0.2) is 18.6 Å². The first-order chi connectivity index (χ1) is 11.3. The zero-order valence-electron chi connectivity index (χ0n) is 13.8. The number of benzene rings is 1. The minimum atomic E-state index is -2.78. The highest BCUT2D eigenvalue weighted by Gasteiger charge is 2.24. The van der Waals surface area contributed by atoms with E-state index in [1.54, 1.807) is 19.9 Å². The van der Waals surface area contributed by atoms with Crippen molar-refractivity contribution in [1.29, 1.82) is 0 Å². The maximum atomic E-state index is 13.6. The number of aromatic nitrogens is 1. The van der Waals surface area contributed by atoms with Crippen molar-refractivity contribution in [3.05, 3.63) is 40.6 Å². The molecule has 24 heavy (non-hydrogen) atoms. The first-order valence-corrected chi connectivity index (χ1v) is 7.13. The third-order valence-electron chi connectivity index (χ3n) is 3.78. The van der Waals surface area contributed by atoms with E-state index in [0.29, 0.717) is 11.1 Å². The van der Waals surface area contributed by atoms with Gasteiger partial charge in [0.05, 0.1) is 25.5 Å². The number of alkyl halides is 2. The van der Waals surface area contributed by atoms with Crippen molar-refractivity contribution >= 4 is 11.7 Å². The molecule has 0 amide bonds. The Labute approximate surface area is 138 Å². The minimum absolute atomic E-state index is 0.00717. The number of hydrogen-bond acceptors (Lipinski definition) is 5. The van der Waals surface area contributed by atoms with Crippen LogP contribution in [-0.4, -0.2) is 25.2 Å². The lowest BCUT2D eigenvalue weighted by Gasteiger charge is -2.17. The molecular formula is C17H18F2N2O3. The van der Waals surface area contributed by atoms with Crippen LogP contribution in [0.1, 0.15) is 33.6 Å². The van der Waals surface area contributed by atoms with Gasteiger partial charge < -0.3 is 15.2 Å². The fourth-order valence-corrected chi connectivity index (χ4v) is 2.48. The van der Waals surface area contributed by atoms with E-state index in [0.717, 1.165) is 0 Å². The summed E-state index contributed by atoms with van der Waals surface area (Å²) in [4.78, 5) is 16.0. The lowest BCUT2D eigenvalue weighted by Crippen LogP contribution is -2.10. The van der Waals surface area contributed by atoms with Crippen LogP contribution in [0.5, 0.6) is 5.75 Å². The lowest BCUT2D eigenvalue weighted by molar-refractivity contribution is 0.0593. The van der Waals surface area contributed by atoms with Crippen LogP contribution in [0.15, 0.2) is 18.2 Å². The van der Waals surface area contributed by atoms with Gasteiger partial charge in [0.1, 0.15) is 5.75 Å². The predicted octanol–water partition coefficient (Wildman–Crippen LogP) is 3.68. The molecule has 0 saturated heterocycles. The van der Waals surface area contributed by atoms with Crippen LogP contribution in [0.3, 0.4) is 0 Å². The third-order valence-corrected chi connectivity index (χ3v) is 3.78. The van der Waals surface area contributed by atoms with Gasteiger partial charge in [0, 0.05) is 16.8 Å². The first-order valence-electron chi connectivity index (χ1n) is 7.13. The Bertz CT molecular complexity index is 792. The van der Waals surface area contributed by atoms with E-state index in [-0.39, 0.29) is 34.0 Å². The molecule has 7 heteroatoms. The number of carbonyl (C=O) groups excluding carboxylic acids is 1. The van der Waals surface area contributed by atoms with Crippen molar-refractivity contribution in [3.63, 3.8) is 0 Å². The summed E-state index contributed by atoms with van der Waals surface area (Å²) in [6.07, 6.45) is -2.78. The fourth-order valence-electron chi connectivity index (χ4n) is 2.48. The van der Waals surface area contributed by atoms with E-state index < -0.39 is 12.4 Å². The number of rotatable bonds is 4. The summed E-state index contributed by atoms with van der Waals surface area (Å²) in [6.45, 7) is 3.29. The summed E-state index contributed by atoms with van der Waals surface area (Å²) in [5.41, 5.74) is 7.20. The second-order valence-electron chi connectivity index (χ2n) is 5.24. The average molecular weight is 336 g/mol. The van der Waals surface area contributed by atoms with Gasteiger partial charge in [-0.2, -0.15) is 0 Å². The molecule has 2 rings (SSSR count). The van der Waals surface area contributed by atoms with Gasteiger partial charge in [-0.1, -0.05) is 12.1 Å². The summed E-state index contributed by atoms with van der Waals surface area (Å²) >= 11 is 0. The van der Waals surface area contributed by atoms with Crippen molar-refractivity contribution in [1.82, 2.24) is 4.98 Å². The summed E-state index contributed by atoms with van der Waals surface area (Å²) in [5, 5.41) is 0. The van der Waals surface area contributed by atoms with Crippen molar-refractivity contribution in [2.24, 2.45) is 0 Å². The predicted molar refractivity (Wildman–Crippen MR) is 86.4 cm³/mol. The molecule has 0 spiro atoms. The number of methoxy groups -OCH3 is 2. The number of esters is 1. The Hall–Kier alpha value is -2.70. The first kappa shape index (κ1) is 17.7. The van der Waals surface area contributed by atoms with Gasteiger partial charge in [-0.3, -0.25) is 0 Å². The average Bonchev–Trinajstić information content (AvgIpc) is 2.55. The lowest BCUT2D eigenvalue weighted by atomic mass is 9.98.